The number of hydrogen-bond donors (Lipinski definition) is 4. The second kappa shape index (κ2) is 44.3. The van der Waals surface area contributed by atoms with Crippen LogP contribution in [0.3, 0.4) is 0 Å². The van der Waals surface area contributed by atoms with Crippen molar-refractivity contribution >= 4 is 29.7 Å². The van der Waals surface area contributed by atoms with Crippen LogP contribution in [0.1, 0.15) is 249 Å². The fourth-order valence-corrected chi connectivity index (χ4v) is 7.86. The molecule has 0 fully saturated rings. The van der Waals surface area contributed by atoms with E-state index in [1.807, 2.05) is 31.2 Å². The number of nitrogens with two attached hydrogens (primary N) is 1. The summed E-state index contributed by atoms with van der Waals surface area (Å²) < 4.78 is 0. The quantitative estimate of drug-likeness (QED) is 0.0223. The lowest BCUT2D eigenvalue weighted by molar-refractivity contribution is -0.129. The molecule has 0 aliphatic rings. The minimum Gasteiger partial charge on any atom is -0.353 e. The van der Waals surface area contributed by atoms with E-state index in [-0.39, 0.29) is 42.6 Å². The van der Waals surface area contributed by atoms with E-state index in [2.05, 4.69) is 59.1 Å². The molecule has 9 heteroatoms. The van der Waals surface area contributed by atoms with E-state index in [0.29, 0.717) is 31.4 Å². The van der Waals surface area contributed by atoms with Crippen molar-refractivity contribution in [1.82, 2.24) is 16.0 Å². The van der Waals surface area contributed by atoms with Crippen molar-refractivity contribution in [2.45, 2.75) is 245 Å². The number of rotatable bonds is 45. The van der Waals surface area contributed by atoms with Crippen LogP contribution in [-0.4, -0.2) is 61.4 Å². The van der Waals surface area contributed by atoms with Gasteiger partial charge in [-0.05, 0) is 89.5 Å². The number of ketones is 1. The Morgan fingerprint density at radius 1 is 0.554 bits per heavy atom. The fourth-order valence-electron chi connectivity index (χ4n) is 7.86. The van der Waals surface area contributed by atoms with Gasteiger partial charge < -0.3 is 21.7 Å². The molecule has 1 aromatic carbocycles. The van der Waals surface area contributed by atoms with Crippen molar-refractivity contribution in [3.05, 3.63) is 59.7 Å². The van der Waals surface area contributed by atoms with Crippen molar-refractivity contribution < 1.29 is 19.2 Å². The number of nitrogens with zero attached hydrogens (tertiary/aromatic N) is 1. The van der Waals surface area contributed by atoms with Gasteiger partial charge in [0.1, 0.15) is 6.04 Å². The van der Waals surface area contributed by atoms with Gasteiger partial charge in [-0.2, -0.15) is 0 Å². The third kappa shape index (κ3) is 38.2. The highest BCUT2D eigenvalue weighted by molar-refractivity contribution is 5.96. The molecule has 370 valence electrons. The molecule has 3 amide bonds. The molecule has 0 aromatic heterocycles. The molecule has 1 rings (SSSR count). The van der Waals surface area contributed by atoms with Crippen LogP contribution >= 0.6 is 0 Å². The Labute approximate surface area is 398 Å². The maximum Gasteiger partial charge on any atom is 0.244 e. The highest BCUT2D eigenvalue weighted by Gasteiger charge is 2.21. The second-order valence-corrected chi connectivity index (χ2v) is 18.5. The lowest BCUT2D eigenvalue weighted by Gasteiger charge is -2.19. The number of carbonyl (C=O) groups is 4. The molecule has 0 spiro atoms. The normalized spacial score (nSPS) is 12.6. The van der Waals surface area contributed by atoms with Gasteiger partial charge in [-0.25, -0.2) is 0 Å². The van der Waals surface area contributed by atoms with E-state index >= 15 is 0 Å². The molecule has 0 aliphatic carbocycles. The molecule has 65 heavy (non-hydrogen) atoms. The Balaban J connectivity index is 2.47. The molecule has 9 nitrogen and oxygen atoms in total. The number of aliphatic imine (C=N–C) groups is 1. The largest absolute Gasteiger partial charge is 0.353 e. The predicted octanol–water partition coefficient (Wildman–Crippen LogP) is 13.4. The summed E-state index contributed by atoms with van der Waals surface area (Å²) in [5.74, 6) is -0.456. The Bertz CT molecular complexity index is 1410. The van der Waals surface area contributed by atoms with Gasteiger partial charge in [0.25, 0.3) is 0 Å². The molecule has 5 N–H and O–H groups in total. The Morgan fingerprint density at radius 3 is 1.51 bits per heavy atom. The molecular formula is C56H97N5O4. The number of Topliss-reactive ketones (excluding diaryl/α,β-unsaturated/α-hetero) is 1. The average molecular weight is 904 g/mol. The molecule has 0 saturated heterocycles. The van der Waals surface area contributed by atoms with Crippen molar-refractivity contribution in [3.8, 4) is 0 Å². The smallest absolute Gasteiger partial charge is 0.244 e. The molecule has 2 unspecified atom stereocenters. The maximum atomic E-state index is 13.3. The van der Waals surface area contributed by atoms with Crippen molar-refractivity contribution in [2.75, 3.05) is 19.6 Å². The summed E-state index contributed by atoms with van der Waals surface area (Å²) in [5.41, 5.74) is 7.39. The number of amides is 3. The van der Waals surface area contributed by atoms with Gasteiger partial charge in [0.15, 0.2) is 5.78 Å². The number of nitrogens with one attached hydrogen (secondary N) is 3. The number of unbranched alkanes of at least 4 members (excludes halogenated alkanes) is 24. The first-order valence-corrected chi connectivity index (χ1v) is 26.8. The van der Waals surface area contributed by atoms with Gasteiger partial charge in [0.05, 0.1) is 6.54 Å². The standard InChI is InChI=1S/C56H97N5O4/c1-4-6-8-10-12-14-16-18-20-22-24-26-28-30-35-39-54(63)60-48-52(61-55(64)40-36-31-29-27-25-23-21-19-17-15-13-11-9-7-5-2)56(65)59-46-45-58-47-50-41-43-51(44-42-50)53(62)38-34-32-33-37-49(3)57/h18-21,41-44,47,49,52H,4-17,22-40,45-46,48,57H2,1-3H3,(H,59,65)(H,60,63)(H,61,64)/b20-18-,21-19-,58-47?. The van der Waals surface area contributed by atoms with Crippen molar-refractivity contribution in [2.24, 2.45) is 10.7 Å². The van der Waals surface area contributed by atoms with Gasteiger partial charge in [-0.1, -0.05) is 178 Å². The van der Waals surface area contributed by atoms with Gasteiger partial charge >= 0.3 is 0 Å². The zero-order chi connectivity index (χ0) is 47.3. The number of hydrogen-bond acceptors (Lipinski definition) is 6. The number of carbonyl (C=O) groups excluding carboxylic acids is 4. The molecule has 0 heterocycles. The van der Waals surface area contributed by atoms with E-state index in [4.69, 9.17) is 5.73 Å². The van der Waals surface area contributed by atoms with E-state index in [9.17, 15) is 19.2 Å². The van der Waals surface area contributed by atoms with Crippen LogP contribution in [0, 0.1) is 0 Å². The highest BCUT2D eigenvalue weighted by atomic mass is 16.2. The summed E-state index contributed by atoms with van der Waals surface area (Å²) in [5, 5.41) is 8.70. The minimum absolute atomic E-state index is 0.0507. The topological polar surface area (TPSA) is 143 Å². The van der Waals surface area contributed by atoms with E-state index < -0.39 is 6.04 Å². The third-order valence-electron chi connectivity index (χ3n) is 12.1. The maximum absolute atomic E-state index is 13.3. The molecule has 2 atom stereocenters. The van der Waals surface area contributed by atoms with Crippen LogP contribution in [-0.2, 0) is 14.4 Å². The van der Waals surface area contributed by atoms with Crippen molar-refractivity contribution in [1.29, 1.82) is 0 Å². The fraction of sp³-hybridized carbons (Fsp3) is 0.732. The SMILES string of the molecule is CCCCCCCC/C=C\CCCCCCCC(=O)NCC(NC(=O)CCCCCCC/C=C\CCCCCCCC)C(=O)NCCN=Cc1ccc(C(=O)CCCCCC(C)N)cc1. The van der Waals surface area contributed by atoms with Gasteiger partial charge in [-0.3, -0.25) is 24.2 Å². The second-order valence-electron chi connectivity index (χ2n) is 18.5. The molecule has 0 aliphatic heterocycles. The first kappa shape index (κ1) is 59.4. The number of allylic oxidation sites excluding steroid dienone is 4. The first-order chi connectivity index (χ1) is 31.8. The third-order valence-corrected chi connectivity index (χ3v) is 12.1. The zero-order valence-electron chi connectivity index (χ0n) is 42.0. The van der Waals surface area contributed by atoms with Crippen molar-refractivity contribution in [3.63, 3.8) is 0 Å². The minimum atomic E-state index is -0.859. The van der Waals surface area contributed by atoms with E-state index in [1.54, 1.807) is 6.21 Å². The summed E-state index contributed by atoms with van der Waals surface area (Å²) in [6.45, 7) is 7.22. The molecule has 0 radical (unpaired) electrons. The van der Waals surface area contributed by atoms with Gasteiger partial charge in [0.2, 0.25) is 17.7 Å². The van der Waals surface area contributed by atoms with Crippen LogP contribution in [0.5, 0.6) is 0 Å². The van der Waals surface area contributed by atoms with Crippen LogP contribution in [0.4, 0.5) is 0 Å². The summed E-state index contributed by atoms with van der Waals surface area (Å²) in [4.78, 5) is 56.2. The Hall–Kier alpha value is -3.59. The monoisotopic (exact) mass is 904 g/mol. The summed E-state index contributed by atoms with van der Waals surface area (Å²) >= 11 is 0. The summed E-state index contributed by atoms with van der Waals surface area (Å²) in [7, 11) is 0. The zero-order valence-corrected chi connectivity index (χ0v) is 42.0. The summed E-state index contributed by atoms with van der Waals surface area (Å²) in [6, 6.07) is 6.78. The van der Waals surface area contributed by atoms with Crippen LogP contribution in [0.15, 0.2) is 53.6 Å². The lowest BCUT2D eigenvalue weighted by atomic mass is 10.0. The van der Waals surface area contributed by atoms with E-state index in [0.717, 1.165) is 89.0 Å². The highest BCUT2D eigenvalue weighted by Crippen LogP contribution is 2.14. The molecule has 1 aromatic rings. The predicted molar refractivity (Wildman–Crippen MR) is 277 cm³/mol. The Kier molecular flexibility index (Phi) is 40.5. The Morgan fingerprint density at radius 2 is 1.00 bits per heavy atom. The van der Waals surface area contributed by atoms with Gasteiger partial charge in [-0.15, -0.1) is 0 Å². The number of benzene rings is 1. The van der Waals surface area contributed by atoms with Crippen LogP contribution < -0.4 is 21.7 Å². The van der Waals surface area contributed by atoms with Crippen LogP contribution in [0.2, 0.25) is 0 Å². The van der Waals surface area contributed by atoms with Gasteiger partial charge in [0, 0.05) is 50.2 Å². The van der Waals surface area contributed by atoms with E-state index in [1.165, 1.54) is 109 Å². The molecular weight excluding hydrogens is 807 g/mol. The van der Waals surface area contributed by atoms with Crippen LogP contribution in [0.25, 0.3) is 0 Å². The average Bonchev–Trinajstić information content (AvgIpc) is 3.30. The first-order valence-electron chi connectivity index (χ1n) is 26.8. The summed E-state index contributed by atoms with van der Waals surface area (Å²) in [6.07, 6.45) is 47.4. The lowest BCUT2D eigenvalue weighted by Crippen LogP contribution is -2.53. The molecule has 0 bridgehead atoms. The molecule has 0 saturated carbocycles.